The van der Waals surface area contributed by atoms with Crippen LogP contribution in [0.25, 0.3) is 0 Å². The SMILES string of the molecule is CCC(CCO)NC(=O)CN1CSCC1=O. The van der Waals surface area contributed by atoms with Crippen molar-refractivity contribution in [3.05, 3.63) is 0 Å². The van der Waals surface area contributed by atoms with Gasteiger partial charge in [0.25, 0.3) is 0 Å². The van der Waals surface area contributed by atoms with E-state index in [9.17, 15) is 9.59 Å². The number of carbonyl (C=O) groups excluding carboxylic acids is 2. The average molecular weight is 246 g/mol. The van der Waals surface area contributed by atoms with Crippen LogP contribution < -0.4 is 5.32 Å². The standard InChI is InChI=1S/C10H18N2O3S/c1-2-8(3-4-13)11-9(14)5-12-7-16-6-10(12)15/h8,13H,2-7H2,1H3,(H,11,14). The van der Waals surface area contributed by atoms with Gasteiger partial charge >= 0.3 is 0 Å². The zero-order chi connectivity index (χ0) is 12.0. The molecular formula is C10H18N2O3S. The monoisotopic (exact) mass is 246 g/mol. The van der Waals surface area contributed by atoms with E-state index in [2.05, 4.69) is 5.32 Å². The van der Waals surface area contributed by atoms with E-state index in [0.717, 1.165) is 6.42 Å². The van der Waals surface area contributed by atoms with Gasteiger partial charge in [-0.15, -0.1) is 11.8 Å². The highest BCUT2D eigenvalue weighted by Gasteiger charge is 2.23. The Hall–Kier alpha value is -0.750. The fraction of sp³-hybridized carbons (Fsp3) is 0.800. The maximum absolute atomic E-state index is 11.6. The Kier molecular flexibility index (Phi) is 5.62. The van der Waals surface area contributed by atoms with Gasteiger partial charge in [-0.3, -0.25) is 9.59 Å². The Labute approximate surface area is 99.6 Å². The van der Waals surface area contributed by atoms with E-state index in [4.69, 9.17) is 5.11 Å². The molecule has 1 atom stereocenters. The number of hydrogen-bond acceptors (Lipinski definition) is 4. The summed E-state index contributed by atoms with van der Waals surface area (Å²) < 4.78 is 0. The highest BCUT2D eigenvalue weighted by Crippen LogP contribution is 2.14. The van der Waals surface area contributed by atoms with Crippen LogP contribution in [0.3, 0.4) is 0 Å². The van der Waals surface area contributed by atoms with Crippen molar-refractivity contribution >= 4 is 23.6 Å². The maximum atomic E-state index is 11.6. The van der Waals surface area contributed by atoms with Crippen LogP contribution in [0.15, 0.2) is 0 Å². The first-order valence-electron chi connectivity index (χ1n) is 5.43. The molecule has 1 saturated heterocycles. The Morgan fingerprint density at radius 1 is 1.69 bits per heavy atom. The number of amides is 2. The number of rotatable bonds is 6. The van der Waals surface area contributed by atoms with Crippen molar-refractivity contribution in [2.75, 3.05) is 24.8 Å². The van der Waals surface area contributed by atoms with Crippen LogP contribution in [-0.4, -0.2) is 52.6 Å². The summed E-state index contributed by atoms with van der Waals surface area (Å²) in [5.41, 5.74) is 0. The van der Waals surface area contributed by atoms with Crippen LogP contribution in [0.1, 0.15) is 19.8 Å². The Morgan fingerprint density at radius 2 is 2.44 bits per heavy atom. The average Bonchev–Trinajstić information content (AvgIpc) is 2.64. The van der Waals surface area contributed by atoms with E-state index >= 15 is 0 Å². The summed E-state index contributed by atoms with van der Waals surface area (Å²) >= 11 is 1.52. The largest absolute Gasteiger partial charge is 0.396 e. The van der Waals surface area contributed by atoms with Crippen LogP contribution >= 0.6 is 11.8 Å². The van der Waals surface area contributed by atoms with E-state index in [1.807, 2.05) is 6.92 Å². The molecular weight excluding hydrogens is 228 g/mol. The third-order valence-corrected chi connectivity index (χ3v) is 3.44. The number of carbonyl (C=O) groups is 2. The molecule has 1 aliphatic heterocycles. The summed E-state index contributed by atoms with van der Waals surface area (Å²) in [6.45, 7) is 2.16. The van der Waals surface area contributed by atoms with Crippen molar-refractivity contribution in [2.24, 2.45) is 0 Å². The summed E-state index contributed by atoms with van der Waals surface area (Å²) in [6.07, 6.45) is 1.35. The summed E-state index contributed by atoms with van der Waals surface area (Å²) in [7, 11) is 0. The molecule has 0 aromatic heterocycles. The molecule has 1 aliphatic rings. The molecule has 6 heteroatoms. The molecule has 5 nitrogen and oxygen atoms in total. The van der Waals surface area contributed by atoms with Gasteiger partial charge in [0.1, 0.15) is 6.54 Å². The van der Waals surface area contributed by atoms with Crippen molar-refractivity contribution in [1.82, 2.24) is 10.2 Å². The smallest absolute Gasteiger partial charge is 0.239 e. The van der Waals surface area contributed by atoms with Gasteiger partial charge in [-0.1, -0.05) is 6.92 Å². The minimum Gasteiger partial charge on any atom is -0.396 e. The summed E-state index contributed by atoms with van der Waals surface area (Å²) in [6, 6.07) is 0.00265. The van der Waals surface area contributed by atoms with Gasteiger partial charge in [0.15, 0.2) is 0 Å². The van der Waals surface area contributed by atoms with Crippen molar-refractivity contribution in [1.29, 1.82) is 0 Å². The molecule has 2 N–H and O–H groups in total. The molecule has 92 valence electrons. The third kappa shape index (κ3) is 4.02. The zero-order valence-corrected chi connectivity index (χ0v) is 10.3. The van der Waals surface area contributed by atoms with E-state index in [1.165, 1.54) is 11.8 Å². The molecule has 0 aromatic carbocycles. The summed E-state index contributed by atoms with van der Waals surface area (Å²) in [5, 5.41) is 11.6. The molecule has 1 unspecified atom stereocenters. The van der Waals surface area contributed by atoms with E-state index < -0.39 is 0 Å². The van der Waals surface area contributed by atoms with Crippen molar-refractivity contribution in [3.63, 3.8) is 0 Å². The van der Waals surface area contributed by atoms with Gasteiger partial charge in [0.05, 0.1) is 11.6 Å². The second-order valence-corrected chi connectivity index (χ2v) is 4.71. The normalized spacial score (nSPS) is 17.6. The summed E-state index contributed by atoms with van der Waals surface area (Å²) in [5.74, 6) is 0.955. The topological polar surface area (TPSA) is 69.6 Å². The van der Waals surface area contributed by atoms with Gasteiger partial charge in [-0.25, -0.2) is 0 Å². The number of nitrogens with zero attached hydrogens (tertiary/aromatic N) is 1. The molecule has 1 heterocycles. The van der Waals surface area contributed by atoms with Gasteiger partial charge in [0.2, 0.25) is 11.8 Å². The first kappa shape index (κ1) is 13.3. The first-order chi connectivity index (χ1) is 7.67. The predicted octanol–water partition coefficient (Wildman–Crippen LogP) is -0.203. The van der Waals surface area contributed by atoms with Gasteiger partial charge < -0.3 is 15.3 Å². The van der Waals surface area contributed by atoms with Crippen LogP contribution in [0.5, 0.6) is 0 Å². The van der Waals surface area contributed by atoms with Crippen molar-refractivity contribution in [2.45, 2.75) is 25.8 Å². The van der Waals surface area contributed by atoms with Crippen LogP contribution in [0, 0.1) is 0 Å². The molecule has 0 aromatic rings. The Bertz CT molecular complexity index is 260. The molecule has 0 spiro atoms. The lowest BCUT2D eigenvalue weighted by molar-refractivity contribution is -0.132. The predicted molar refractivity (Wildman–Crippen MR) is 63.0 cm³/mol. The number of nitrogens with one attached hydrogen (secondary N) is 1. The van der Waals surface area contributed by atoms with Crippen LogP contribution in [0.4, 0.5) is 0 Å². The van der Waals surface area contributed by atoms with E-state index in [-0.39, 0.29) is 31.0 Å². The van der Waals surface area contributed by atoms with Gasteiger partial charge in [-0.2, -0.15) is 0 Å². The zero-order valence-electron chi connectivity index (χ0n) is 9.44. The number of thioether (sulfide) groups is 1. The maximum Gasteiger partial charge on any atom is 0.239 e. The second kappa shape index (κ2) is 6.75. The van der Waals surface area contributed by atoms with E-state index in [0.29, 0.717) is 18.1 Å². The Morgan fingerprint density at radius 3 is 2.94 bits per heavy atom. The highest BCUT2D eigenvalue weighted by atomic mass is 32.2. The first-order valence-corrected chi connectivity index (χ1v) is 6.58. The number of aliphatic hydroxyl groups is 1. The van der Waals surface area contributed by atoms with Crippen molar-refractivity contribution in [3.8, 4) is 0 Å². The van der Waals surface area contributed by atoms with Gasteiger partial charge in [-0.05, 0) is 12.8 Å². The molecule has 2 amide bonds. The molecule has 1 rings (SSSR count). The van der Waals surface area contributed by atoms with Crippen molar-refractivity contribution < 1.29 is 14.7 Å². The number of hydrogen-bond donors (Lipinski definition) is 2. The lowest BCUT2D eigenvalue weighted by Gasteiger charge is -2.19. The second-order valence-electron chi connectivity index (χ2n) is 3.75. The molecule has 0 bridgehead atoms. The third-order valence-electron chi connectivity index (χ3n) is 2.50. The minimum atomic E-state index is -0.142. The lowest BCUT2D eigenvalue weighted by Crippen LogP contribution is -2.42. The minimum absolute atomic E-state index is 0.00265. The molecule has 0 saturated carbocycles. The van der Waals surface area contributed by atoms with E-state index in [1.54, 1.807) is 4.90 Å². The molecule has 0 radical (unpaired) electrons. The highest BCUT2D eigenvalue weighted by molar-refractivity contribution is 8.00. The molecule has 16 heavy (non-hydrogen) atoms. The number of aliphatic hydroxyl groups excluding tert-OH is 1. The van der Waals surface area contributed by atoms with Crippen LogP contribution in [-0.2, 0) is 9.59 Å². The molecule has 1 fully saturated rings. The van der Waals surface area contributed by atoms with Crippen LogP contribution in [0.2, 0.25) is 0 Å². The summed E-state index contributed by atoms with van der Waals surface area (Å²) in [4.78, 5) is 24.4. The fourth-order valence-corrected chi connectivity index (χ4v) is 2.43. The quantitative estimate of drug-likeness (QED) is 0.681. The fourth-order valence-electron chi connectivity index (χ4n) is 1.52. The lowest BCUT2D eigenvalue weighted by atomic mass is 10.1. The molecule has 0 aliphatic carbocycles. The Balaban J connectivity index is 2.31. The van der Waals surface area contributed by atoms with Gasteiger partial charge in [0, 0.05) is 12.6 Å².